The van der Waals surface area contributed by atoms with Gasteiger partial charge in [-0.1, -0.05) is 11.8 Å². The number of alkyl halides is 3. The summed E-state index contributed by atoms with van der Waals surface area (Å²) in [5, 5.41) is 11.5. The van der Waals surface area contributed by atoms with E-state index in [2.05, 4.69) is 10.2 Å². The number of amides is 3. The number of carbonyl (C=O) groups is 2. The summed E-state index contributed by atoms with van der Waals surface area (Å²) in [6.07, 6.45) is -3.07. The van der Waals surface area contributed by atoms with Crippen LogP contribution >= 0.6 is 11.8 Å². The molecule has 24 heavy (non-hydrogen) atoms. The Morgan fingerprint density at radius 1 is 1.38 bits per heavy atom. The number of hydrogen-bond acceptors (Lipinski definition) is 6. The van der Waals surface area contributed by atoms with Crippen LogP contribution in [-0.2, 0) is 11.8 Å². The fourth-order valence-electron chi connectivity index (χ4n) is 1.58. The van der Waals surface area contributed by atoms with Gasteiger partial charge in [-0.25, -0.2) is 4.79 Å². The van der Waals surface area contributed by atoms with Crippen LogP contribution in [0.2, 0.25) is 0 Å². The molecule has 0 saturated carbocycles. The molecule has 0 aliphatic carbocycles. The number of carbonyl (C=O) groups excluding carboxylic acids is 2. The van der Waals surface area contributed by atoms with Gasteiger partial charge in [0.1, 0.15) is 6.54 Å². The molecule has 2 aromatic rings. The van der Waals surface area contributed by atoms with E-state index in [9.17, 15) is 22.8 Å². The van der Waals surface area contributed by atoms with Gasteiger partial charge in [0.05, 0.1) is 12.0 Å². The van der Waals surface area contributed by atoms with Crippen LogP contribution in [0.4, 0.5) is 18.0 Å². The van der Waals surface area contributed by atoms with Crippen LogP contribution in [-0.4, -0.2) is 45.2 Å². The molecule has 0 saturated heterocycles. The summed E-state index contributed by atoms with van der Waals surface area (Å²) < 4.78 is 42.6. The average molecular weight is 363 g/mol. The highest BCUT2D eigenvalue weighted by molar-refractivity contribution is 7.99. The van der Waals surface area contributed by atoms with Crippen molar-refractivity contribution in [2.24, 2.45) is 7.05 Å². The lowest BCUT2D eigenvalue weighted by molar-refractivity contribution is -0.124. The molecule has 12 heteroatoms. The van der Waals surface area contributed by atoms with Gasteiger partial charge in [-0.15, -0.1) is 10.2 Å². The molecule has 3 amide bonds. The molecule has 2 N–H and O–H groups in total. The predicted molar refractivity (Wildman–Crippen MR) is 77.0 cm³/mol. The van der Waals surface area contributed by atoms with Crippen LogP contribution in [0.25, 0.3) is 11.6 Å². The third-order valence-electron chi connectivity index (χ3n) is 2.61. The van der Waals surface area contributed by atoms with Crippen molar-refractivity contribution >= 4 is 23.7 Å². The molecule has 130 valence electrons. The molecule has 0 bridgehead atoms. The number of thioether (sulfide) groups is 1. The minimum Gasteiger partial charge on any atom is -0.461 e. The SMILES string of the molecule is Cn1c(SCC(=O)NC(=O)NCC(F)(F)F)nnc1-c1ccco1. The summed E-state index contributed by atoms with van der Waals surface area (Å²) in [7, 11) is 1.66. The van der Waals surface area contributed by atoms with Crippen LogP contribution in [0.15, 0.2) is 28.0 Å². The molecule has 0 unspecified atom stereocenters. The third kappa shape index (κ3) is 5.01. The van der Waals surface area contributed by atoms with Crippen LogP contribution < -0.4 is 10.6 Å². The number of furan rings is 1. The van der Waals surface area contributed by atoms with Crippen molar-refractivity contribution in [1.82, 2.24) is 25.4 Å². The van der Waals surface area contributed by atoms with E-state index in [1.54, 1.807) is 29.1 Å². The molecule has 2 aromatic heterocycles. The number of imide groups is 1. The van der Waals surface area contributed by atoms with Gasteiger partial charge >= 0.3 is 12.2 Å². The Morgan fingerprint density at radius 2 is 2.12 bits per heavy atom. The Balaban J connectivity index is 1.83. The van der Waals surface area contributed by atoms with E-state index >= 15 is 0 Å². The molecule has 0 fully saturated rings. The summed E-state index contributed by atoms with van der Waals surface area (Å²) in [5.41, 5.74) is 0. The molecule has 0 aromatic carbocycles. The molecular weight excluding hydrogens is 351 g/mol. The number of rotatable bonds is 5. The van der Waals surface area contributed by atoms with Crippen LogP contribution in [0.3, 0.4) is 0 Å². The lowest BCUT2D eigenvalue weighted by atomic mass is 10.4. The molecule has 0 radical (unpaired) electrons. The summed E-state index contributed by atoms with van der Waals surface area (Å²) in [6, 6.07) is 2.16. The molecule has 2 rings (SSSR count). The van der Waals surface area contributed by atoms with E-state index < -0.39 is 24.7 Å². The van der Waals surface area contributed by atoms with E-state index in [4.69, 9.17) is 4.42 Å². The minimum absolute atomic E-state index is 0.219. The summed E-state index contributed by atoms with van der Waals surface area (Å²) >= 11 is 0.972. The van der Waals surface area contributed by atoms with Gasteiger partial charge in [0.25, 0.3) is 0 Å². The monoisotopic (exact) mass is 363 g/mol. The Kier molecular flexibility index (Phi) is 5.49. The number of nitrogens with one attached hydrogen (secondary N) is 2. The first kappa shape index (κ1) is 17.8. The van der Waals surface area contributed by atoms with E-state index in [-0.39, 0.29) is 5.75 Å². The van der Waals surface area contributed by atoms with Crippen molar-refractivity contribution in [2.75, 3.05) is 12.3 Å². The zero-order valence-electron chi connectivity index (χ0n) is 12.3. The van der Waals surface area contributed by atoms with Gasteiger partial charge in [0.2, 0.25) is 5.91 Å². The van der Waals surface area contributed by atoms with E-state index in [0.717, 1.165) is 11.8 Å². The maximum absolute atomic E-state index is 11.9. The van der Waals surface area contributed by atoms with Gasteiger partial charge in [0, 0.05) is 7.05 Å². The van der Waals surface area contributed by atoms with Crippen LogP contribution in [0, 0.1) is 0 Å². The number of hydrogen-bond donors (Lipinski definition) is 2. The Bertz CT molecular complexity index is 714. The highest BCUT2D eigenvalue weighted by Crippen LogP contribution is 2.22. The second kappa shape index (κ2) is 7.38. The van der Waals surface area contributed by atoms with Crippen molar-refractivity contribution in [1.29, 1.82) is 0 Å². The van der Waals surface area contributed by atoms with Gasteiger partial charge in [0.15, 0.2) is 16.7 Å². The fraction of sp³-hybridized carbons (Fsp3) is 0.333. The first-order valence-electron chi connectivity index (χ1n) is 6.47. The molecule has 0 aliphatic rings. The number of nitrogens with zero attached hydrogens (tertiary/aromatic N) is 3. The van der Waals surface area contributed by atoms with Crippen molar-refractivity contribution in [2.45, 2.75) is 11.3 Å². The third-order valence-corrected chi connectivity index (χ3v) is 3.63. The highest BCUT2D eigenvalue weighted by Gasteiger charge is 2.28. The average Bonchev–Trinajstić information content (AvgIpc) is 3.12. The van der Waals surface area contributed by atoms with Crippen LogP contribution in [0.5, 0.6) is 0 Å². The number of aromatic nitrogens is 3. The number of urea groups is 1. The number of halogens is 3. The van der Waals surface area contributed by atoms with Gasteiger partial charge in [-0.05, 0) is 12.1 Å². The molecular formula is C12H12F3N5O3S. The summed E-state index contributed by atoms with van der Waals surface area (Å²) in [4.78, 5) is 22.7. The molecule has 0 spiro atoms. The topological polar surface area (TPSA) is 102 Å². The molecule has 2 heterocycles. The van der Waals surface area contributed by atoms with Crippen LogP contribution in [0.1, 0.15) is 0 Å². The summed E-state index contributed by atoms with van der Waals surface area (Å²) in [5.74, 6) is -0.0373. The van der Waals surface area contributed by atoms with Crippen molar-refractivity contribution < 1.29 is 27.2 Å². The van der Waals surface area contributed by atoms with E-state index in [0.29, 0.717) is 16.7 Å². The Morgan fingerprint density at radius 3 is 2.75 bits per heavy atom. The second-order valence-corrected chi connectivity index (χ2v) is 5.42. The molecule has 8 nitrogen and oxygen atoms in total. The van der Waals surface area contributed by atoms with Gasteiger partial charge < -0.3 is 14.3 Å². The lowest BCUT2D eigenvalue weighted by Crippen LogP contribution is -2.43. The van der Waals surface area contributed by atoms with Crippen molar-refractivity contribution in [3.05, 3.63) is 18.4 Å². The van der Waals surface area contributed by atoms with E-state index in [1.165, 1.54) is 11.6 Å². The minimum atomic E-state index is -4.55. The first-order valence-corrected chi connectivity index (χ1v) is 7.45. The maximum atomic E-state index is 11.9. The summed E-state index contributed by atoms with van der Waals surface area (Å²) in [6.45, 7) is -1.52. The predicted octanol–water partition coefficient (Wildman–Crippen LogP) is 1.56. The van der Waals surface area contributed by atoms with Crippen molar-refractivity contribution in [3.63, 3.8) is 0 Å². The smallest absolute Gasteiger partial charge is 0.405 e. The molecule has 0 aliphatic heterocycles. The second-order valence-electron chi connectivity index (χ2n) is 4.48. The first-order chi connectivity index (χ1) is 11.3. The van der Waals surface area contributed by atoms with Gasteiger partial charge in [-0.3, -0.25) is 10.1 Å². The molecule has 0 atom stereocenters. The van der Waals surface area contributed by atoms with Gasteiger partial charge in [-0.2, -0.15) is 13.2 Å². The lowest BCUT2D eigenvalue weighted by Gasteiger charge is -2.08. The zero-order valence-corrected chi connectivity index (χ0v) is 13.1. The maximum Gasteiger partial charge on any atom is 0.405 e. The quantitative estimate of drug-likeness (QED) is 0.782. The zero-order chi connectivity index (χ0) is 17.7. The largest absolute Gasteiger partial charge is 0.461 e. The fourth-order valence-corrected chi connectivity index (χ4v) is 2.29. The Labute approximate surface area is 137 Å². The van der Waals surface area contributed by atoms with Crippen molar-refractivity contribution in [3.8, 4) is 11.6 Å². The van der Waals surface area contributed by atoms with E-state index in [1.807, 2.05) is 0 Å². The standard InChI is InChI=1S/C12H12F3N5O3S/c1-20-9(7-3-2-4-23-7)18-19-11(20)24-5-8(21)17-10(22)16-6-12(13,14)15/h2-4H,5-6H2,1H3,(H2,16,17,21,22). The Hall–Kier alpha value is -2.50. The highest BCUT2D eigenvalue weighted by atomic mass is 32.2. The normalized spacial score (nSPS) is 11.3.